The van der Waals surface area contributed by atoms with Gasteiger partial charge >= 0.3 is 0 Å². The summed E-state index contributed by atoms with van der Waals surface area (Å²) in [5.41, 5.74) is 1.55. The lowest BCUT2D eigenvalue weighted by molar-refractivity contribution is -0.128. The number of rotatable bonds is 6. The number of amides is 1. The lowest BCUT2D eigenvalue weighted by atomic mass is 9.71. The molecule has 26 heavy (non-hydrogen) atoms. The van der Waals surface area contributed by atoms with E-state index < -0.39 is 6.10 Å². The first kappa shape index (κ1) is 20.8. The van der Waals surface area contributed by atoms with Crippen molar-refractivity contribution in [3.63, 3.8) is 0 Å². The molecule has 3 heteroatoms. The van der Waals surface area contributed by atoms with Gasteiger partial charge in [0.15, 0.2) is 6.10 Å². The SMILES string of the molecule is CCC(C)c1ccccc1OC(C)C(=O)NC1CCC(C(C)(C)C)CC1. The fourth-order valence-corrected chi connectivity index (χ4v) is 3.88. The normalized spacial score (nSPS) is 23.2. The van der Waals surface area contributed by atoms with Crippen LogP contribution in [0.25, 0.3) is 0 Å². The predicted octanol–water partition coefficient (Wildman–Crippen LogP) is 5.69. The molecular weight excluding hydrogens is 322 g/mol. The van der Waals surface area contributed by atoms with Gasteiger partial charge in [-0.15, -0.1) is 0 Å². The van der Waals surface area contributed by atoms with E-state index >= 15 is 0 Å². The number of hydrogen-bond acceptors (Lipinski definition) is 2. The smallest absolute Gasteiger partial charge is 0.260 e. The molecule has 1 aliphatic rings. The summed E-state index contributed by atoms with van der Waals surface area (Å²) in [6.07, 6.45) is 5.12. The highest BCUT2D eigenvalue weighted by Crippen LogP contribution is 2.37. The van der Waals surface area contributed by atoms with Crippen LogP contribution in [0.3, 0.4) is 0 Å². The van der Waals surface area contributed by atoms with Crippen molar-refractivity contribution in [2.24, 2.45) is 11.3 Å². The number of carbonyl (C=O) groups excluding carboxylic acids is 1. The first-order chi connectivity index (χ1) is 12.2. The third-order valence-electron chi connectivity index (χ3n) is 6.03. The average molecular weight is 360 g/mol. The highest BCUT2D eigenvalue weighted by Gasteiger charge is 2.31. The van der Waals surface area contributed by atoms with Gasteiger partial charge in [-0.2, -0.15) is 0 Å². The summed E-state index contributed by atoms with van der Waals surface area (Å²) in [5, 5.41) is 3.21. The van der Waals surface area contributed by atoms with Crippen LogP contribution in [0.1, 0.15) is 85.1 Å². The highest BCUT2D eigenvalue weighted by atomic mass is 16.5. The summed E-state index contributed by atoms with van der Waals surface area (Å²) in [6, 6.07) is 8.37. The number of benzene rings is 1. The molecule has 1 aromatic carbocycles. The first-order valence-corrected chi connectivity index (χ1v) is 10.3. The summed E-state index contributed by atoms with van der Waals surface area (Å²) in [5.74, 6) is 2.02. The topological polar surface area (TPSA) is 38.3 Å². The Morgan fingerprint density at radius 3 is 2.35 bits per heavy atom. The molecule has 0 bridgehead atoms. The molecule has 2 atom stereocenters. The van der Waals surface area contributed by atoms with Gasteiger partial charge in [0, 0.05) is 6.04 Å². The second kappa shape index (κ2) is 8.92. The van der Waals surface area contributed by atoms with Gasteiger partial charge < -0.3 is 10.1 Å². The molecule has 2 rings (SSSR count). The van der Waals surface area contributed by atoms with Crippen LogP contribution < -0.4 is 10.1 Å². The minimum atomic E-state index is -0.472. The minimum Gasteiger partial charge on any atom is -0.481 e. The van der Waals surface area contributed by atoms with Gasteiger partial charge in [-0.05, 0) is 67.9 Å². The Bertz CT molecular complexity index is 582. The van der Waals surface area contributed by atoms with E-state index in [-0.39, 0.29) is 11.9 Å². The van der Waals surface area contributed by atoms with E-state index in [1.807, 2.05) is 25.1 Å². The minimum absolute atomic E-state index is 0.00293. The van der Waals surface area contributed by atoms with Gasteiger partial charge in [-0.3, -0.25) is 4.79 Å². The molecule has 146 valence electrons. The van der Waals surface area contributed by atoms with E-state index in [4.69, 9.17) is 4.74 Å². The molecule has 1 aromatic rings. The molecular formula is C23H37NO2. The van der Waals surface area contributed by atoms with Crippen molar-refractivity contribution in [2.45, 2.75) is 91.7 Å². The van der Waals surface area contributed by atoms with Crippen LogP contribution in [0.5, 0.6) is 5.75 Å². The van der Waals surface area contributed by atoms with Crippen molar-refractivity contribution in [3.05, 3.63) is 29.8 Å². The number of carbonyl (C=O) groups is 1. The van der Waals surface area contributed by atoms with Crippen molar-refractivity contribution in [1.29, 1.82) is 0 Å². The van der Waals surface area contributed by atoms with E-state index in [1.165, 1.54) is 18.4 Å². The average Bonchev–Trinajstić information content (AvgIpc) is 2.61. The van der Waals surface area contributed by atoms with E-state index in [0.717, 1.165) is 30.9 Å². The van der Waals surface area contributed by atoms with E-state index in [9.17, 15) is 4.79 Å². The fraction of sp³-hybridized carbons (Fsp3) is 0.696. The maximum absolute atomic E-state index is 12.6. The quantitative estimate of drug-likeness (QED) is 0.708. The number of ether oxygens (including phenoxy) is 1. The van der Waals surface area contributed by atoms with Crippen LogP contribution in [0, 0.1) is 11.3 Å². The third kappa shape index (κ3) is 5.49. The zero-order valence-corrected chi connectivity index (χ0v) is 17.5. The van der Waals surface area contributed by atoms with Crippen LogP contribution in [0.4, 0.5) is 0 Å². The van der Waals surface area contributed by atoms with Gasteiger partial charge in [0.25, 0.3) is 5.91 Å². The van der Waals surface area contributed by atoms with Gasteiger partial charge in [0.1, 0.15) is 5.75 Å². The number of nitrogens with one attached hydrogen (secondary N) is 1. The lowest BCUT2D eigenvalue weighted by Crippen LogP contribution is -2.44. The maximum atomic E-state index is 12.6. The summed E-state index contributed by atoms with van der Waals surface area (Å²) in [4.78, 5) is 12.6. The lowest BCUT2D eigenvalue weighted by Gasteiger charge is -2.37. The van der Waals surface area contributed by atoms with Gasteiger partial charge in [0.05, 0.1) is 0 Å². The molecule has 0 heterocycles. The van der Waals surface area contributed by atoms with Gasteiger partial charge in [-0.1, -0.05) is 52.8 Å². The second-order valence-corrected chi connectivity index (χ2v) is 9.03. The van der Waals surface area contributed by atoms with Crippen molar-refractivity contribution in [2.75, 3.05) is 0 Å². The zero-order chi connectivity index (χ0) is 19.3. The molecule has 2 unspecified atom stereocenters. The monoisotopic (exact) mass is 359 g/mol. The van der Waals surface area contributed by atoms with Crippen molar-refractivity contribution >= 4 is 5.91 Å². The number of hydrogen-bond donors (Lipinski definition) is 1. The van der Waals surface area contributed by atoms with Crippen LogP contribution in [-0.2, 0) is 4.79 Å². The first-order valence-electron chi connectivity index (χ1n) is 10.3. The van der Waals surface area contributed by atoms with Crippen molar-refractivity contribution in [1.82, 2.24) is 5.32 Å². The van der Waals surface area contributed by atoms with E-state index in [1.54, 1.807) is 0 Å². The fourth-order valence-electron chi connectivity index (χ4n) is 3.88. The van der Waals surface area contributed by atoms with Crippen molar-refractivity contribution in [3.8, 4) is 5.75 Å². The second-order valence-electron chi connectivity index (χ2n) is 9.03. The van der Waals surface area contributed by atoms with Gasteiger partial charge in [0.2, 0.25) is 0 Å². The molecule has 1 N–H and O–H groups in total. The van der Waals surface area contributed by atoms with E-state index in [0.29, 0.717) is 11.3 Å². The Morgan fingerprint density at radius 1 is 1.15 bits per heavy atom. The molecule has 0 spiro atoms. The van der Waals surface area contributed by atoms with Crippen LogP contribution >= 0.6 is 0 Å². The molecule has 3 nitrogen and oxygen atoms in total. The molecule has 0 aromatic heterocycles. The highest BCUT2D eigenvalue weighted by molar-refractivity contribution is 5.81. The Labute approximate surface area is 159 Å². The zero-order valence-electron chi connectivity index (χ0n) is 17.5. The Kier molecular flexibility index (Phi) is 7.14. The van der Waals surface area contributed by atoms with Gasteiger partial charge in [-0.25, -0.2) is 0 Å². The Morgan fingerprint density at radius 2 is 1.77 bits per heavy atom. The molecule has 1 aliphatic carbocycles. The summed E-state index contributed by atoms with van der Waals surface area (Å²) >= 11 is 0. The molecule has 0 saturated heterocycles. The van der Waals surface area contributed by atoms with Crippen LogP contribution in [0.15, 0.2) is 24.3 Å². The van der Waals surface area contributed by atoms with Crippen molar-refractivity contribution < 1.29 is 9.53 Å². The van der Waals surface area contributed by atoms with E-state index in [2.05, 4.69) is 46.0 Å². The molecule has 1 saturated carbocycles. The summed E-state index contributed by atoms with van der Waals surface area (Å²) in [6.45, 7) is 13.2. The molecule has 0 radical (unpaired) electrons. The largest absolute Gasteiger partial charge is 0.481 e. The number of para-hydroxylation sites is 1. The van der Waals surface area contributed by atoms with Crippen LogP contribution in [0.2, 0.25) is 0 Å². The molecule has 0 aliphatic heterocycles. The third-order valence-corrected chi connectivity index (χ3v) is 6.03. The summed E-state index contributed by atoms with van der Waals surface area (Å²) in [7, 11) is 0. The maximum Gasteiger partial charge on any atom is 0.260 e. The predicted molar refractivity (Wildman–Crippen MR) is 109 cm³/mol. The van der Waals surface area contributed by atoms with Crippen LogP contribution in [-0.4, -0.2) is 18.1 Å². The molecule has 1 amide bonds. The Hall–Kier alpha value is -1.51. The standard InChI is InChI=1S/C23H37NO2/c1-7-16(2)20-10-8-9-11-21(20)26-17(3)22(25)24-19-14-12-18(13-15-19)23(4,5)6/h8-11,16-19H,7,12-15H2,1-6H3,(H,24,25). The summed E-state index contributed by atoms with van der Waals surface area (Å²) < 4.78 is 6.04. The Balaban J connectivity index is 1.89. The molecule has 1 fully saturated rings.